The van der Waals surface area contributed by atoms with Crippen molar-refractivity contribution >= 4 is 17.6 Å². The van der Waals surface area contributed by atoms with Crippen molar-refractivity contribution < 1.29 is 14.3 Å². The van der Waals surface area contributed by atoms with E-state index < -0.39 is 5.91 Å². The van der Waals surface area contributed by atoms with Gasteiger partial charge in [-0.1, -0.05) is 12.1 Å². The van der Waals surface area contributed by atoms with Gasteiger partial charge in [-0.25, -0.2) is 4.79 Å². The fourth-order valence-corrected chi connectivity index (χ4v) is 2.25. The molecule has 0 saturated carbocycles. The second kappa shape index (κ2) is 6.94. The number of rotatable bonds is 4. The molecule has 7 nitrogen and oxygen atoms in total. The molecular formula is C14H20N4O3. The van der Waals surface area contributed by atoms with Crippen molar-refractivity contribution in [3.05, 3.63) is 29.8 Å². The zero-order valence-electron chi connectivity index (χ0n) is 11.8. The number of primary amides is 1. The Kier molecular flexibility index (Phi) is 4.99. The Morgan fingerprint density at radius 2 is 2.00 bits per heavy atom. The van der Waals surface area contributed by atoms with E-state index in [9.17, 15) is 9.59 Å². The molecular weight excluding hydrogens is 272 g/mol. The van der Waals surface area contributed by atoms with Crippen molar-refractivity contribution in [2.45, 2.75) is 6.54 Å². The normalized spacial score (nSPS) is 14.8. The monoisotopic (exact) mass is 292 g/mol. The lowest BCUT2D eigenvalue weighted by Crippen LogP contribution is -2.49. The molecule has 3 amide bonds. The summed E-state index contributed by atoms with van der Waals surface area (Å²) in [7, 11) is 0. The molecule has 0 atom stereocenters. The molecule has 0 unspecified atom stereocenters. The van der Waals surface area contributed by atoms with Gasteiger partial charge in [0, 0.05) is 25.3 Å². The van der Waals surface area contributed by atoms with Gasteiger partial charge in [0.1, 0.15) is 6.54 Å². The molecule has 1 heterocycles. The van der Waals surface area contributed by atoms with Crippen LogP contribution in [0.5, 0.6) is 0 Å². The van der Waals surface area contributed by atoms with Crippen LogP contribution in [0, 0.1) is 0 Å². The maximum Gasteiger partial charge on any atom is 0.320 e. The number of carbonyl (C=O) groups excluding carboxylic acids is 2. The summed E-state index contributed by atoms with van der Waals surface area (Å²) in [5.41, 5.74) is 12.5. The number of nitrogens with zero attached hydrogens (tertiary/aromatic N) is 2. The molecule has 1 saturated heterocycles. The Bertz CT molecular complexity index is 515. The van der Waals surface area contributed by atoms with E-state index >= 15 is 0 Å². The Balaban J connectivity index is 2.09. The fourth-order valence-electron chi connectivity index (χ4n) is 2.25. The highest BCUT2D eigenvalue weighted by atomic mass is 16.5. The van der Waals surface area contributed by atoms with Gasteiger partial charge in [0.25, 0.3) is 0 Å². The van der Waals surface area contributed by atoms with Crippen LogP contribution in [-0.4, -0.2) is 54.6 Å². The number of nitrogens with two attached hydrogens (primary N) is 2. The van der Waals surface area contributed by atoms with E-state index in [4.69, 9.17) is 16.2 Å². The number of morpholine rings is 1. The average Bonchev–Trinajstić information content (AvgIpc) is 2.46. The quantitative estimate of drug-likeness (QED) is 0.763. The smallest absolute Gasteiger partial charge is 0.320 e. The number of benzene rings is 1. The van der Waals surface area contributed by atoms with Gasteiger partial charge in [0.05, 0.1) is 13.2 Å². The minimum atomic E-state index is -0.541. The molecule has 2 rings (SSSR count). The van der Waals surface area contributed by atoms with E-state index in [-0.39, 0.29) is 12.6 Å². The van der Waals surface area contributed by atoms with E-state index in [1.165, 1.54) is 4.90 Å². The third-order valence-corrected chi connectivity index (χ3v) is 3.22. The van der Waals surface area contributed by atoms with Crippen LogP contribution in [0.4, 0.5) is 10.5 Å². The number of hydrogen-bond acceptors (Lipinski definition) is 4. The maximum atomic E-state index is 12.5. The van der Waals surface area contributed by atoms with Crippen molar-refractivity contribution in [1.82, 2.24) is 9.80 Å². The highest BCUT2D eigenvalue weighted by Crippen LogP contribution is 2.12. The number of urea groups is 1. The molecule has 4 N–H and O–H groups in total. The second-order valence-electron chi connectivity index (χ2n) is 4.95. The minimum Gasteiger partial charge on any atom is -0.399 e. The average molecular weight is 292 g/mol. The number of nitrogen functional groups attached to an aromatic ring is 1. The van der Waals surface area contributed by atoms with Crippen LogP contribution in [0.15, 0.2) is 24.3 Å². The number of carbonyl (C=O) groups is 2. The predicted molar refractivity (Wildman–Crippen MR) is 78.2 cm³/mol. The van der Waals surface area contributed by atoms with E-state index in [2.05, 4.69) is 0 Å². The SMILES string of the molecule is NC(=O)CN(Cc1cccc(N)c1)C(=O)N1CCOCC1. The first kappa shape index (κ1) is 15.1. The van der Waals surface area contributed by atoms with Crippen molar-refractivity contribution in [1.29, 1.82) is 0 Å². The largest absolute Gasteiger partial charge is 0.399 e. The Labute approximate surface area is 123 Å². The van der Waals surface area contributed by atoms with Gasteiger partial charge in [-0.3, -0.25) is 4.79 Å². The fraction of sp³-hybridized carbons (Fsp3) is 0.429. The lowest BCUT2D eigenvalue weighted by atomic mass is 10.2. The van der Waals surface area contributed by atoms with Crippen molar-refractivity contribution in [3.8, 4) is 0 Å². The van der Waals surface area contributed by atoms with Gasteiger partial charge in [0.2, 0.25) is 5.91 Å². The summed E-state index contributed by atoms with van der Waals surface area (Å²) in [5.74, 6) is -0.541. The molecule has 21 heavy (non-hydrogen) atoms. The number of amides is 3. The molecule has 0 bridgehead atoms. The summed E-state index contributed by atoms with van der Waals surface area (Å²) in [6.45, 7) is 2.23. The van der Waals surface area contributed by atoms with Gasteiger partial charge in [-0.15, -0.1) is 0 Å². The third kappa shape index (κ3) is 4.35. The van der Waals surface area contributed by atoms with Crippen molar-refractivity contribution in [2.75, 3.05) is 38.6 Å². The van der Waals surface area contributed by atoms with E-state index in [0.29, 0.717) is 38.5 Å². The van der Waals surface area contributed by atoms with Gasteiger partial charge < -0.3 is 26.0 Å². The topological polar surface area (TPSA) is 102 Å². The van der Waals surface area contributed by atoms with E-state index in [1.807, 2.05) is 12.1 Å². The van der Waals surface area contributed by atoms with E-state index in [1.54, 1.807) is 17.0 Å². The molecule has 1 fully saturated rings. The van der Waals surface area contributed by atoms with Crippen LogP contribution < -0.4 is 11.5 Å². The maximum absolute atomic E-state index is 12.5. The summed E-state index contributed by atoms with van der Waals surface area (Å²) in [5, 5.41) is 0. The van der Waals surface area contributed by atoms with Crippen LogP contribution in [0.3, 0.4) is 0 Å². The van der Waals surface area contributed by atoms with Crippen LogP contribution >= 0.6 is 0 Å². The van der Waals surface area contributed by atoms with Gasteiger partial charge in [-0.05, 0) is 17.7 Å². The minimum absolute atomic E-state index is 0.120. The molecule has 0 aromatic heterocycles. The first-order valence-corrected chi connectivity index (χ1v) is 6.80. The molecule has 1 aromatic carbocycles. The Morgan fingerprint density at radius 1 is 1.29 bits per heavy atom. The summed E-state index contributed by atoms with van der Waals surface area (Å²) in [6.07, 6.45) is 0. The first-order chi connectivity index (χ1) is 10.1. The van der Waals surface area contributed by atoms with Crippen LogP contribution in [0.25, 0.3) is 0 Å². The highest BCUT2D eigenvalue weighted by molar-refractivity contribution is 5.83. The predicted octanol–water partition coefficient (Wildman–Crippen LogP) is 0.00830. The second-order valence-corrected chi connectivity index (χ2v) is 4.95. The Morgan fingerprint density at radius 3 is 2.62 bits per heavy atom. The zero-order valence-corrected chi connectivity index (χ0v) is 11.8. The molecule has 1 aromatic rings. The zero-order chi connectivity index (χ0) is 15.2. The molecule has 1 aliphatic heterocycles. The lowest BCUT2D eigenvalue weighted by Gasteiger charge is -2.32. The molecule has 7 heteroatoms. The van der Waals surface area contributed by atoms with Crippen LogP contribution in [0.2, 0.25) is 0 Å². The van der Waals surface area contributed by atoms with Gasteiger partial charge in [0.15, 0.2) is 0 Å². The Hall–Kier alpha value is -2.28. The summed E-state index contributed by atoms with van der Waals surface area (Å²) < 4.78 is 5.22. The van der Waals surface area contributed by atoms with Crippen LogP contribution in [0.1, 0.15) is 5.56 Å². The summed E-state index contributed by atoms with van der Waals surface area (Å²) in [4.78, 5) is 26.8. The summed E-state index contributed by atoms with van der Waals surface area (Å²) in [6, 6.07) is 7.01. The summed E-state index contributed by atoms with van der Waals surface area (Å²) >= 11 is 0. The third-order valence-electron chi connectivity index (χ3n) is 3.22. The number of hydrogen-bond donors (Lipinski definition) is 2. The number of ether oxygens (including phenoxy) is 1. The lowest BCUT2D eigenvalue weighted by molar-refractivity contribution is -0.118. The molecule has 1 aliphatic rings. The molecule has 114 valence electrons. The van der Waals surface area contributed by atoms with E-state index in [0.717, 1.165) is 5.56 Å². The highest BCUT2D eigenvalue weighted by Gasteiger charge is 2.24. The molecule has 0 radical (unpaired) electrons. The standard InChI is InChI=1S/C14H20N4O3/c15-12-3-1-2-11(8-12)9-18(10-13(16)19)14(20)17-4-6-21-7-5-17/h1-3,8H,4-7,9-10,15H2,(H2,16,19). The molecule has 0 aliphatic carbocycles. The van der Waals surface area contributed by atoms with Crippen LogP contribution in [-0.2, 0) is 16.1 Å². The van der Waals surface area contributed by atoms with Crippen molar-refractivity contribution in [3.63, 3.8) is 0 Å². The molecule has 0 spiro atoms. The van der Waals surface area contributed by atoms with Crippen molar-refractivity contribution in [2.24, 2.45) is 5.73 Å². The number of anilines is 1. The first-order valence-electron chi connectivity index (χ1n) is 6.80. The van der Waals surface area contributed by atoms with Gasteiger partial charge >= 0.3 is 6.03 Å². The van der Waals surface area contributed by atoms with Gasteiger partial charge in [-0.2, -0.15) is 0 Å².